The van der Waals surface area contributed by atoms with Crippen LogP contribution in [-0.4, -0.2) is 33.3 Å². The van der Waals surface area contributed by atoms with Crippen LogP contribution in [0.15, 0.2) is 35.7 Å². The second kappa shape index (κ2) is 9.13. The Morgan fingerprint density at radius 1 is 1.23 bits per heavy atom. The first-order chi connectivity index (χ1) is 14.7. The molecule has 0 amide bonds. The zero-order valence-corrected chi connectivity index (χ0v) is 17.2. The maximum absolute atomic E-state index is 13.5. The van der Waals surface area contributed by atoms with Gasteiger partial charge in [-0.05, 0) is 31.2 Å². The molecule has 0 radical (unpaired) electrons. The molecular formula is C20H16F3N3O4S. The van der Waals surface area contributed by atoms with Crippen molar-refractivity contribution in [2.24, 2.45) is 0 Å². The molecule has 0 aliphatic heterocycles. The topological polar surface area (TPSA) is 83.3 Å². The van der Waals surface area contributed by atoms with E-state index >= 15 is 0 Å². The molecule has 0 fully saturated rings. The molecule has 0 aliphatic rings. The Kier molecular flexibility index (Phi) is 6.54. The van der Waals surface area contributed by atoms with Crippen LogP contribution in [0.25, 0.3) is 17.3 Å². The molecule has 31 heavy (non-hydrogen) atoms. The quantitative estimate of drug-likeness (QED) is 0.402. The number of esters is 2. The Morgan fingerprint density at radius 3 is 2.65 bits per heavy atom. The van der Waals surface area contributed by atoms with E-state index in [2.05, 4.69) is 10.1 Å². The van der Waals surface area contributed by atoms with E-state index in [1.807, 2.05) is 0 Å². The summed E-state index contributed by atoms with van der Waals surface area (Å²) in [5, 5.41) is 5.15. The summed E-state index contributed by atoms with van der Waals surface area (Å²) in [4.78, 5) is 26.9. The maximum Gasteiger partial charge on any atom is 0.433 e. The standard InChI is InChI=1S/C20H16F3N3O4S/c1-3-29-18(28)15-11-31-19(24-15)26-17(20(21,22)23)10-14(25-26)9-8-13-6-4-5-7-16(13)30-12(2)27/h4-11H,3H2,1-2H3/b9-8+. The first-order valence-electron chi connectivity index (χ1n) is 8.95. The normalized spacial score (nSPS) is 11.6. The molecule has 0 saturated heterocycles. The lowest BCUT2D eigenvalue weighted by Crippen LogP contribution is -2.13. The number of benzene rings is 1. The van der Waals surface area contributed by atoms with Gasteiger partial charge in [-0.1, -0.05) is 18.2 Å². The molecule has 1 aromatic carbocycles. The van der Waals surface area contributed by atoms with Crippen molar-refractivity contribution < 1.29 is 32.2 Å². The van der Waals surface area contributed by atoms with E-state index in [1.165, 1.54) is 24.5 Å². The first kappa shape index (κ1) is 22.2. The van der Waals surface area contributed by atoms with Crippen molar-refractivity contribution in [2.45, 2.75) is 20.0 Å². The van der Waals surface area contributed by atoms with Crippen molar-refractivity contribution in [3.63, 3.8) is 0 Å². The number of hydrogen-bond donors (Lipinski definition) is 0. The van der Waals surface area contributed by atoms with Gasteiger partial charge in [-0.15, -0.1) is 11.3 Å². The number of para-hydroxylation sites is 1. The summed E-state index contributed by atoms with van der Waals surface area (Å²) in [6.07, 6.45) is -1.87. The van der Waals surface area contributed by atoms with Crippen LogP contribution in [0.5, 0.6) is 5.75 Å². The van der Waals surface area contributed by atoms with Crippen LogP contribution in [0.3, 0.4) is 0 Å². The minimum absolute atomic E-state index is 0.00200. The van der Waals surface area contributed by atoms with E-state index in [0.717, 1.165) is 17.4 Å². The highest BCUT2D eigenvalue weighted by molar-refractivity contribution is 7.12. The highest BCUT2D eigenvalue weighted by Crippen LogP contribution is 2.33. The fourth-order valence-electron chi connectivity index (χ4n) is 2.53. The maximum atomic E-state index is 13.5. The molecule has 0 N–H and O–H groups in total. The number of halogens is 3. The highest BCUT2D eigenvalue weighted by atomic mass is 32.1. The number of alkyl halides is 3. The van der Waals surface area contributed by atoms with E-state index in [9.17, 15) is 22.8 Å². The van der Waals surface area contributed by atoms with Crippen molar-refractivity contribution in [1.29, 1.82) is 0 Å². The number of carbonyl (C=O) groups excluding carboxylic acids is 2. The minimum Gasteiger partial charge on any atom is -0.461 e. The molecule has 0 atom stereocenters. The molecule has 0 bridgehead atoms. The van der Waals surface area contributed by atoms with Gasteiger partial charge < -0.3 is 9.47 Å². The first-order valence-corrected chi connectivity index (χ1v) is 9.82. The second-order valence-electron chi connectivity index (χ2n) is 6.06. The second-order valence-corrected chi connectivity index (χ2v) is 6.90. The third-order valence-electron chi connectivity index (χ3n) is 3.78. The average molecular weight is 451 g/mol. The monoisotopic (exact) mass is 451 g/mol. The number of rotatable bonds is 6. The van der Waals surface area contributed by atoms with Gasteiger partial charge in [-0.25, -0.2) is 14.5 Å². The van der Waals surface area contributed by atoms with Crippen LogP contribution in [0, 0.1) is 0 Å². The van der Waals surface area contributed by atoms with Crippen LogP contribution in [0.4, 0.5) is 13.2 Å². The van der Waals surface area contributed by atoms with Crippen molar-refractivity contribution in [1.82, 2.24) is 14.8 Å². The summed E-state index contributed by atoms with van der Waals surface area (Å²) in [6, 6.07) is 7.42. The number of aromatic nitrogens is 3. The molecule has 11 heteroatoms. The van der Waals surface area contributed by atoms with Gasteiger partial charge in [-0.3, -0.25) is 4.79 Å². The zero-order valence-electron chi connectivity index (χ0n) is 16.3. The molecule has 3 rings (SSSR count). The summed E-state index contributed by atoms with van der Waals surface area (Å²) in [7, 11) is 0. The van der Waals surface area contributed by atoms with Gasteiger partial charge in [-0.2, -0.15) is 18.3 Å². The van der Waals surface area contributed by atoms with Crippen LogP contribution >= 0.6 is 11.3 Å². The number of nitrogens with zero attached hydrogens (tertiary/aromatic N) is 3. The predicted octanol–water partition coefficient (Wildman–Crippen LogP) is 4.62. The Bertz CT molecular complexity index is 1130. The minimum atomic E-state index is -4.70. The summed E-state index contributed by atoms with van der Waals surface area (Å²) in [5.41, 5.74) is -0.666. The Morgan fingerprint density at radius 2 is 1.97 bits per heavy atom. The van der Waals surface area contributed by atoms with Crippen molar-refractivity contribution in [3.05, 3.63) is 58.4 Å². The fourth-order valence-corrected chi connectivity index (χ4v) is 3.29. The number of hydrogen-bond acceptors (Lipinski definition) is 7. The van der Waals surface area contributed by atoms with Gasteiger partial charge >= 0.3 is 18.1 Å². The van der Waals surface area contributed by atoms with Gasteiger partial charge in [0.2, 0.25) is 5.13 Å². The van der Waals surface area contributed by atoms with Gasteiger partial charge in [0.15, 0.2) is 11.4 Å². The van der Waals surface area contributed by atoms with Crippen LogP contribution in [0.2, 0.25) is 0 Å². The van der Waals surface area contributed by atoms with Crippen LogP contribution < -0.4 is 4.74 Å². The van der Waals surface area contributed by atoms with Gasteiger partial charge in [0.05, 0.1) is 12.3 Å². The SMILES string of the molecule is CCOC(=O)c1csc(-n2nc(/C=C/c3ccccc3OC(C)=O)cc2C(F)(F)F)n1. The lowest BCUT2D eigenvalue weighted by molar-refractivity contribution is -0.142. The van der Waals surface area contributed by atoms with Gasteiger partial charge in [0.25, 0.3) is 0 Å². The van der Waals surface area contributed by atoms with Crippen molar-refractivity contribution in [2.75, 3.05) is 6.61 Å². The number of ether oxygens (including phenoxy) is 2. The Balaban J connectivity index is 1.96. The molecule has 162 valence electrons. The smallest absolute Gasteiger partial charge is 0.433 e. The lowest BCUT2D eigenvalue weighted by atomic mass is 10.1. The zero-order chi connectivity index (χ0) is 22.6. The Labute approximate surface area is 178 Å². The van der Waals surface area contributed by atoms with E-state index < -0.39 is 23.8 Å². The fraction of sp³-hybridized carbons (Fsp3) is 0.200. The summed E-state index contributed by atoms with van der Waals surface area (Å²) in [5.74, 6) is -0.987. The molecule has 2 heterocycles. The third-order valence-corrected chi connectivity index (χ3v) is 4.60. The summed E-state index contributed by atoms with van der Waals surface area (Å²) in [6.45, 7) is 2.97. The molecule has 3 aromatic rings. The molecule has 0 unspecified atom stereocenters. The molecule has 7 nitrogen and oxygen atoms in total. The lowest BCUT2D eigenvalue weighted by Gasteiger charge is -2.06. The van der Waals surface area contributed by atoms with Crippen LogP contribution in [-0.2, 0) is 15.7 Å². The molecule has 0 spiro atoms. The summed E-state index contributed by atoms with van der Waals surface area (Å²) >= 11 is 0.831. The van der Waals surface area contributed by atoms with Crippen LogP contribution in [0.1, 0.15) is 41.3 Å². The van der Waals surface area contributed by atoms with E-state index in [4.69, 9.17) is 9.47 Å². The van der Waals surface area contributed by atoms with E-state index in [-0.39, 0.29) is 28.9 Å². The molecule has 0 aliphatic carbocycles. The van der Waals surface area contributed by atoms with E-state index in [0.29, 0.717) is 10.2 Å². The van der Waals surface area contributed by atoms with E-state index in [1.54, 1.807) is 31.2 Å². The number of thiazole rings is 1. The van der Waals surface area contributed by atoms with Crippen molar-refractivity contribution in [3.8, 4) is 10.9 Å². The highest BCUT2D eigenvalue weighted by Gasteiger charge is 2.37. The third kappa shape index (κ3) is 5.37. The summed E-state index contributed by atoms with van der Waals surface area (Å²) < 4.78 is 51.2. The molecule has 2 aromatic heterocycles. The number of carbonyl (C=O) groups is 2. The largest absolute Gasteiger partial charge is 0.461 e. The average Bonchev–Trinajstić information content (AvgIpc) is 3.34. The Hall–Kier alpha value is -3.47. The molecular weight excluding hydrogens is 435 g/mol. The van der Waals surface area contributed by atoms with Gasteiger partial charge in [0, 0.05) is 17.9 Å². The molecule has 0 saturated carbocycles. The van der Waals surface area contributed by atoms with Crippen molar-refractivity contribution >= 4 is 35.4 Å². The van der Waals surface area contributed by atoms with Gasteiger partial charge in [0.1, 0.15) is 5.75 Å². The predicted molar refractivity (Wildman–Crippen MR) is 107 cm³/mol.